The summed E-state index contributed by atoms with van der Waals surface area (Å²) in [4.78, 5) is 7.73. The molecule has 1 unspecified atom stereocenters. The minimum absolute atomic E-state index is 0.507. The Hall–Kier alpha value is -1.65. The lowest BCUT2D eigenvalue weighted by Gasteiger charge is -2.12. The first kappa shape index (κ1) is 11.8. The van der Waals surface area contributed by atoms with Crippen LogP contribution in [0.5, 0.6) is 5.75 Å². The van der Waals surface area contributed by atoms with Gasteiger partial charge in [-0.1, -0.05) is 17.7 Å². The molecule has 0 aliphatic carbocycles. The molecular weight excluding hydrogens is 240 g/mol. The van der Waals surface area contributed by atoms with Crippen molar-refractivity contribution < 1.29 is 9.84 Å². The Morgan fingerprint density at radius 3 is 2.59 bits per heavy atom. The summed E-state index contributed by atoms with van der Waals surface area (Å²) in [6.45, 7) is 0. The molecule has 2 rings (SSSR count). The van der Waals surface area contributed by atoms with Crippen LogP contribution in [0.4, 0.5) is 0 Å². The molecule has 1 heterocycles. The Kier molecular flexibility index (Phi) is 3.56. The molecule has 4 nitrogen and oxygen atoms in total. The van der Waals surface area contributed by atoms with Crippen molar-refractivity contribution in [2.45, 2.75) is 6.10 Å². The van der Waals surface area contributed by atoms with Crippen LogP contribution >= 0.6 is 11.6 Å². The molecule has 1 aromatic heterocycles. The van der Waals surface area contributed by atoms with E-state index in [0.29, 0.717) is 21.9 Å². The summed E-state index contributed by atoms with van der Waals surface area (Å²) >= 11 is 5.92. The second-order valence-corrected chi connectivity index (χ2v) is 3.88. The molecule has 1 aromatic carbocycles. The number of nitrogens with zero attached hydrogens (tertiary/aromatic N) is 2. The average molecular weight is 251 g/mol. The van der Waals surface area contributed by atoms with E-state index in [-0.39, 0.29) is 0 Å². The number of ether oxygens (including phenoxy) is 1. The Morgan fingerprint density at radius 2 is 1.94 bits per heavy atom. The molecule has 0 saturated carbocycles. The summed E-state index contributed by atoms with van der Waals surface area (Å²) < 4.78 is 5.10. The second kappa shape index (κ2) is 5.12. The second-order valence-electron chi connectivity index (χ2n) is 3.47. The van der Waals surface area contributed by atoms with Gasteiger partial charge in [-0.2, -0.15) is 0 Å². The number of hydrogen-bond acceptors (Lipinski definition) is 4. The van der Waals surface area contributed by atoms with Crippen LogP contribution in [-0.4, -0.2) is 22.2 Å². The van der Waals surface area contributed by atoms with Gasteiger partial charge >= 0.3 is 0 Å². The molecule has 0 fully saturated rings. The Morgan fingerprint density at radius 1 is 1.24 bits per heavy atom. The number of aliphatic hydroxyl groups is 1. The average Bonchev–Trinajstić information content (AvgIpc) is 2.39. The van der Waals surface area contributed by atoms with E-state index in [0.717, 1.165) is 0 Å². The van der Waals surface area contributed by atoms with E-state index in [1.165, 1.54) is 13.4 Å². The normalized spacial score (nSPS) is 12.2. The van der Waals surface area contributed by atoms with Crippen molar-refractivity contribution >= 4 is 11.6 Å². The van der Waals surface area contributed by atoms with Gasteiger partial charge in [-0.05, 0) is 17.7 Å². The summed E-state index contributed by atoms with van der Waals surface area (Å²) in [6, 6.07) is 5.12. The third-order valence-electron chi connectivity index (χ3n) is 2.39. The molecule has 5 heteroatoms. The summed E-state index contributed by atoms with van der Waals surface area (Å²) in [5, 5.41) is 10.6. The highest BCUT2D eigenvalue weighted by Crippen LogP contribution is 2.29. The summed E-state index contributed by atoms with van der Waals surface area (Å²) in [7, 11) is 1.53. The van der Waals surface area contributed by atoms with Crippen LogP contribution in [-0.2, 0) is 0 Å². The van der Waals surface area contributed by atoms with Crippen LogP contribution in [0, 0.1) is 0 Å². The van der Waals surface area contributed by atoms with Gasteiger partial charge in [0.05, 0.1) is 12.1 Å². The van der Waals surface area contributed by atoms with Crippen molar-refractivity contribution in [2.75, 3.05) is 7.11 Å². The zero-order chi connectivity index (χ0) is 12.3. The molecule has 2 aromatic rings. The fourth-order valence-electron chi connectivity index (χ4n) is 1.49. The van der Waals surface area contributed by atoms with Gasteiger partial charge in [0, 0.05) is 18.0 Å². The first-order valence-electron chi connectivity index (χ1n) is 4.99. The van der Waals surface area contributed by atoms with E-state index >= 15 is 0 Å². The topological polar surface area (TPSA) is 55.2 Å². The molecule has 0 radical (unpaired) electrons. The van der Waals surface area contributed by atoms with Gasteiger partial charge < -0.3 is 9.84 Å². The van der Waals surface area contributed by atoms with Gasteiger partial charge in [-0.25, -0.2) is 9.97 Å². The van der Waals surface area contributed by atoms with Crippen molar-refractivity contribution in [1.82, 2.24) is 9.97 Å². The molecule has 88 valence electrons. The first-order valence-corrected chi connectivity index (χ1v) is 5.36. The molecule has 0 aliphatic rings. The highest BCUT2D eigenvalue weighted by Gasteiger charge is 2.13. The van der Waals surface area contributed by atoms with E-state index in [1.807, 2.05) is 0 Å². The quantitative estimate of drug-likeness (QED) is 0.908. The molecule has 0 bridgehead atoms. The van der Waals surface area contributed by atoms with Crippen LogP contribution in [0.2, 0.25) is 5.02 Å². The van der Waals surface area contributed by atoms with E-state index in [2.05, 4.69) is 9.97 Å². The molecule has 0 amide bonds. The highest BCUT2D eigenvalue weighted by molar-refractivity contribution is 6.32. The van der Waals surface area contributed by atoms with Crippen LogP contribution in [0.1, 0.15) is 17.2 Å². The Bertz CT molecular complexity index is 505. The Balaban J connectivity index is 2.34. The lowest BCUT2D eigenvalue weighted by Crippen LogP contribution is -2.01. The standard InChI is InChI=1S/C12H11ClN2O2/c1-17-11-4-8(2-3-10(11)13)12(16)9-5-14-7-15-6-9/h2-7,12,16H,1H3. The summed E-state index contributed by atoms with van der Waals surface area (Å²) in [5.41, 5.74) is 1.30. The zero-order valence-electron chi connectivity index (χ0n) is 9.17. The van der Waals surface area contributed by atoms with E-state index in [4.69, 9.17) is 16.3 Å². The van der Waals surface area contributed by atoms with Crippen molar-refractivity contribution in [3.8, 4) is 5.75 Å². The molecule has 1 atom stereocenters. The molecule has 0 spiro atoms. The van der Waals surface area contributed by atoms with Crippen molar-refractivity contribution in [2.24, 2.45) is 0 Å². The number of benzene rings is 1. The molecule has 1 N–H and O–H groups in total. The number of aliphatic hydroxyl groups excluding tert-OH is 1. The Labute approximate surface area is 104 Å². The maximum Gasteiger partial charge on any atom is 0.137 e. The zero-order valence-corrected chi connectivity index (χ0v) is 9.93. The van der Waals surface area contributed by atoms with Gasteiger partial charge in [0.1, 0.15) is 18.2 Å². The van der Waals surface area contributed by atoms with E-state index in [9.17, 15) is 5.11 Å². The molecule has 0 saturated heterocycles. The number of aromatic nitrogens is 2. The van der Waals surface area contributed by atoms with Gasteiger partial charge in [0.25, 0.3) is 0 Å². The maximum absolute atomic E-state index is 10.1. The van der Waals surface area contributed by atoms with Gasteiger partial charge in [-0.15, -0.1) is 0 Å². The first-order chi connectivity index (χ1) is 8.22. The fraction of sp³-hybridized carbons (Fsp3) is 0.167. The lowest BCUT2D eigenvalue weighted by molar-refractivity contribution is 0.219. The number of rotatable bonds is 3. The SMILES string of the molecule is COc1cc(C(O)c2cncnc2)ccc1Cl. The largest absolute Gasteiger partial charge is 0.495 e. The predicted molar refractivity (Wildman–Crippen MR) is 64.1 cm³/mol. The molecule has 17 heavy (non-hydrogen) atoms. The number of methoxy groups -OCH3 is 1. The van der Waals surface area contributed by atoms with Gasteiger partial charge in [-0.3, -0.25) is 0 Å². The van der Waals surface area contributed by atoms with Crippen molar-refractivity contribution in [3.05, 3.63) is 53.1 Å². The van der Waals surface area contributed by atoms with Crippen LogP contribution < -0.4 is 4.74 Å². The van der Waals surface area contributed by atoms with Gasteiger partial charge in [0.15, 0.2) is 0 Å². The van der Waals surface area contributed by atoms with Crippen molar-refractivity contribution in [3.63, 3.8) is 0 Å². The monoisotopic (exact) mass is 250 g/mol. The third kappa shape index (κ3) is 2.54. The minimum atomic E-state index is -0.789. The van der Waals surface area contributed by atoms with Crippen molar-refractivity contribution in [1.29, 1.82) is 0 Å². The van der Waals surface area contributed by atoms with Crippen LogP contribution in [0.3, 0.4) is 0 Å². The van der Waals surface area contributed by atoms with E-state index < -0.39 is 6.10 Å². The molecule has 0 aliphatic heterocycles. The highest BCUT2D eigenvalue weighted by atomic mass is 35.5. The summed E-state index contributed by atoms with van der Waals surface area (Å²) in [6.07, 6.45) is 3.76. The smallest absolute Gasteiger partial charge is 0.137 e. The predicted octanol–water partition coefficient (Wildman–Crippen LogP) is 2.22. The minimum Gasteiger partial charge on any atom is -0.495 e. The fourth-order valence-corrected chi connectivity index (χ4v) is 1.69. The summed E-state index contributed by atoms with van der Waals surface area (Å²) in [5.74, 6) is 0.528. The van der Waals surface area contributed by atoms with Crippen LogP contribution in [0.15, 0.2) is 36.9 Å². The number of halogens is 1. The maximum atomic E-state index is 10.1. The van der Waals surface area contributed by atoms with Crippen LogP contribution in [0.25, 0.3) is 0 Å². The van der Waals surface area contributed by atoms with E-state index in [1.54, 1.807) is 30.6 Å². The number of hydrogen-bond donors (Lipinski definition) is 1. The third-order valence-corrected chi connectivity index (χ3v) is 2.70. The van der Waals surface area contributed by atoms with Gasteiger partial charge in [0.2, 0.25) is 0 Å². The lowest BCUT2D eigenvalue weighted by atomic mass is 10.0. The molecular formula is C12H11ClN2O2.